The zero-order chi connectivity index (χ0) is 18.2. The maximum absolute atomic E-state index is 12.4. The molecular formula is C19H19BrClNO2S. The summed E-state index contributed by atoms with van der Waals surface area (Å²) in [6.45, 7) is 5.70. The third-order valence-corrected chi connectivity index (χ3v) is 6.82. The number of fused-ring (bicyclic) bond motifs is 1. The summed E-state index contributed by atoms with van der Waals surface area (Å²) in [6, 6.07) is 13.5. The topological polar surface area (TPSA) is 38.7 Å². The first-order chi connectivity index (χ1) is 11.7. The first kappa shape index (κ1) is 18.6. The van der Waals surface area contributed by atoms with E-state index in [0.29, 0.717) is 11.4 Å². The summed E-state index contributed by atoms with van der Waals surface area (Å²) in [6.07, 6.45) is 2.25. The molecule has 0 saturated carbocycles. The number of halogens is 2. The van der Waals surface area contributed by atoms with Crippen LogP contribution in [0.5, 0.6) is 5.75 Å². The van der Waals surface area contributed by atoms with Gasteiger partial charge in [-0.3, -0.25) is 0 Å². The van der Waals surface area contributed by atoms with Crippen molar-refractivity contribution >= 4 is 44.7 Å². The van der Waals surface area contributed by atoms with Crippen molar-refractivity contribution in [2.75, 3.05) is 0 Å². The summed E-state index contributed by atoms with van der Waals surface area (Å²) in [5.41, 5.74) is 1.16. The highest BCUT2D eigenvalue weighted by Crippen LogP contribution is 2.45. The molecule has 0 aromatic heterocycles. The van der Waals surface area contributed by atoms with E-state index in [0.717, 1.165) is 21.3 Å². The maximum atomic E-state index is 12.4. The van der Waals surface area contributed by atoms with Gasteiger partial charge in [0.1, 0.15) is 16.7 Å². The van der Waals surface area contributed by atoms with Crippen LogP contribution in [-0.2, 0) is 23.0 Å². The summed E-state index contributed by atoms with van der Waals surface area (Å²) >= 11 is 9.78. The van der Waals surface area contributed by atoms with Crippen molar-refractivity contribution in [1.82, 2.24) is 0 Å². The van der Waals surface area contributed by atoms with Crippen molar-refractivity contribution < 1.29 is 8.95 Å². The highest BCUT2D eigenvalue weighted by atomic mass is 79.9. The van der Waals surface area contributed by atoms with Crippen LogP contribution < -0.4 is 4.74 Å². The zero-order valence-corrected chi connectivity index (χ0v) is 17.4. The van der Waals surface area contributed by atoms with Gasteiger partial charge in [0.2, 0.25) is 0 Å². The molecule has 0 aliphatic carbocycles. The summed E-state index contributed by atoms with van der Waals surface area (Å²) in [4.78, 5) is 0. The molecule has 0 spiro atoms. The maximum Gasteiger partial charge on any atom is 0.174 e. The fraction of sp³-hybridized carbons (Fsp3) is 0.316. The quantitative estimate of drug-likeness (QED) is 0.594. The molecule has 1 unspecified atom stereocenters. The molecule has 25 heavy (non-hydrogen) atoms. The van der Waals surface area contributed by atoms with Crippen LogP contribution in [0.15, 0.2) is 51.3 Å². The fourth-order valence-electron chi connectivity index (χ4n) is 2.65. The van der Waals surface area contributed by atoms with Gasteiger partial charge in [-0.25, -0.2) is 4.21 Å². The number of ether oxygens (including phenoxy) is 1. The predicted octanol–water partition coefficient (Wildman–Crippen LogP) is 5.47. The molecule has 1 heterocycles. The van der Waals surface area contributed by atoms with Gasteiger partial charge in [0, 0.05) is 22.0 Å². The van der Waals surface area contributed by atoms with Gasteiger partial charge in [-0.2, -0.15) is 4.40 Å². The average molecular weight is 441 g/mol. The highest BCUT2D eigenvalue weighted by molar-refractivity contribution is 9.10. The van der Waals surface area contributed by atoms with Crippen LogP contribution in [0.25, 0.3) is 0 Å². The third-order valence-electron chi connectivity index (χ3n) is 4.03. The normalized spacial score (nSPS) is 21.2. The predicted molar refractivity (Wildman–Crippen MR) is 108 cm³/mol. The van der Waals surface area contributed by atoms with Gasteiger partial charge >= 0.3 is 0 Å². The standard InChI is InChI=1S/C19H19BrClNO2S/c1-18(2,3)25(23)22-12-19(13-7-5-4-6-8-13)11-14-16(24-19)10-9-15(21)17(14)20/h4-10,12H,11H2,1-3H3/b22-12+/t19-,25?/m1/s1. The van der Waals surface area contributed by atoms with Gasteiger partial charge in [0.25, 0.3) is 0 Å². The minimum Gasteiger partial charge on any atom is -0.476 e. The van der Waals surface area contributed by atoms with E-state index < -0.39 is 21.3 Å². The molecule has 0 fully saturated rings. The smallest absolute Gasteiger partial charge is 0.174 e. The molecule has 6 heteroatoms. The van der Waals surface area contributed by atoms with Crippen molar-refractivity contribution in [1.29, 1.82) is 0 Å². The molecule has 0 saturated heterocycles. The van der Waals surface area contributed by atoms with Gasteiger partial charge in [0.15, 0.2) is 5.60 Å². The summed E-state index contributed by atoms with van der Waals surface area (Å²) in [7, 11) is -1.36. The van der Waals surface area contributed by atoms with Crippen LogP contribution in [-0.4, -0.2) is 15.2 Å². The Morgan fingerprint density at radius 3 is 2.56 bits per heavy atom. The molecule has 2 aromatic rings. The Morgan fingerprint density at radius 1 is 1.24 bits per heavy atom. The Labute approximate surface area is 164 Å². The Morgan fingerprint density at radius 2 is 1.92 bits per heavy atom. The summed E-state index contributed by atoms with van der Waals surface area (Å²) < 4.78 is 23.5. The van der Waals surface area contributed by atoms with Crippen molar-refractivity contribution in [3.8, 4) is 5.75 Å². The number of nitrogens with zero attached hydrogens (tertiary/aromatic N) is 1. The van der Waals surface area contributed by atoms with Crippen LogP contribution in [0, 0.1) is 0 Å². The lowest BCUT2D eigenvalue weighted by atomic mass is 9.90. The Hall–Kier alpha value is -1.17. The lowest BCUT2D eigenvalue weighted by Crippen LogP contribution is -2.34. The molecule has 2 aromatic carbocycles. The second-order valence-electron chi connectivity index (χ2n) is 6.97. The van der Waals surface area contributed by atoms with Crippen LogP contribution in [0.1, 0.15) is 31.9 Å². The first-order valence-electron chi connectivity index (χ1n) is 7.91. The van der Waals surface area contributed by atoms with Gasteiger partial charge in [0.05, 0.1) is 16.0 Å². The zero-order valence-electron chi connectivity index (χ0n) is 14.3. The molecule has 1 aliphatic heterocycles. The Balaban J connectivity index is 2.06. The number of hydrogen-bond donors (Lipinski definition) is 0. The fourth-order valence-corrected chi connectivity index (χ4v) is 3.88. The van der Waals surface area contributed by atoms with E-state index in [4.69, 9.17) is 16.3 Å². The molecule has 0 amide bonds. The van der Waals surface area contributed by atoms with E-state index in [-0.39, 0.29) is 0 Å². The van der Waals surface area contributed by atoms with E-state index in [1.165, 1.54) is 0 Å². The SMILES string of the molecule is CC(C)(C)S(=O)/N=C/[C@@]1(c2ccccc2)Cc2c(ccc(Cl)c2Br)O1. The molecule has 3 nitrogen and oxygen atoms in total. The average Bonchev–Trinajstić information content (AvgIpc) is 2.97. The summed E-state index contributed by atoms with van der Waals surface area (Å²) in [5.74, 6) is 0.758. The summed E-state index contributed by atoms with van der Waals surface area (Å²) in [5, 5.41) is 0.640. The lowest BCUT2D eigenvalue weighted by molar-refractivity contribution is 0.177. The van der Waals surface area contributed by atoms with Gasteiger partial charge in [-0.1, -0.05) is 41.9 Å². The van der Waals surface area contributed by atoms with Crippen molar-refractivity contribution in [3.05, 3.63) is 63.1 Å². The van der Waals surface area contributed by atoms with Gasteiger partial charge in [-0.15, -0.1) is 0 Å². The van der Waals surface area contributed by atoms with Crippen LogP contribution >= 0.6 is 27.5 Å². The second-order valence-corrected chi connectivity index (χ2v) is 10.1. The van der Waals surface area contributed by atoms with Crippen molar-refractivity contribution in [3.63, 3.8) is 0 Å². The molecule has 2 atom stereocenters. The largest absolute Gasteiger partial charge is 0.476 e. The first-order valence-corrected chi connectivity index (χ1v) is 10.2. The molecule has 132 valence electrons. The van der Waals surface area contributed by atoms with Crippen LogP contribution in [0.4, 0.5) is 0 Å². The van der Waals surface area contributed by atoms with Crippen molar-refractivity contribution in [2.24, 2.45) is 4.40 Å². The Bertz CT molecular complexity index is 848. The number of hydrogen-bond acceptors (Lipinski definition) is 2. The van der Waals surface area contributed by atoms with E-state index in [1.807, 2.05) is 57.2 Å². The Kier molecular flexibility index (Phi) is 5.11. The molecular weight excluding hydrogens is 422 g/mol. The van der Waals surface area contributed by atoms with Crippen LogP contribution in [0.3, 0.4) is 0 Å². The van der Waals surface area contributed by atoms with E-state index in [9.17, 15) is 4.21 Å². The third kappa shape index (κ3) is 3.69. The molecule has 3 rings (SSSR count). The van der Waals surface area contributed by atoms with E-state index in [1.54, 1.807) is 12.3 Å². The lowest BCUT2D eigenvalue weighted by Gasteiger charge is -2.25. The number of benzene rings is 2. The minimum absolute atomic E-state index is 0.427. The van der Waals surface area contributed by atoms with Crippen molar-refractivity contribution in [2.45, 2.75) is 37.5 Å². The second kappa shape index (κ2) is 6.86. The van der Waals surface area contributed by atoms with E-state index >= 15 is 0 Å². The number of rotatable bonds is 3. The van der Waals surface area contributed by atoms with Gasteiger partial charge < -0.3 is 4.74 Å². The van der Waals surface area contributed by atoms with E-state index in [2.05, 4.69) is 20.3 Å². The molecule has 0 N–H and O–H groups in total. The molecule has 0 bridgehead atoms. The van der Waals surface area contributed by atoms with Gasteiger partial charge in [-0.05, 0) is 48.8 Å². The van der Waals surface area contributed by atoms with Crippen LogP contribution in [0.2, 0.25) is 5.02 Å². The highest BCUT2D eigenvalue weighted by Gasteiger charge is 2.41. The monoisotopic (exact) mass is 439 g/mol. The molecule has 1 aliphatic rings. The molecule has 0 radical (unpaired) electrons. The minimum atomic E-state index is -1.36.